The van der Waals surface area contributed by atoms with Crippen LogP contribution in [0.2, 0.25) is 0 Å². The highest BCUT2D eigenvalue weighted by atomic mass is 16.5. The Bertz CT molecular complexity index is 486. The third kappa shape index (κ3) is 3.53. The smallest absolute Gasteiger partial charge is 0.329 e. The molecule has 0 aliphatic rings. The molecular weight excluding hydrogens is 226 g/mol. The van der Waals surface area contributed by atoms with Crippen LogP contribution in [0.1, 0.15) is 23.6 Å². The molecule has 0 fully saturated rings. The summed E-state index contributed by atoms with van der Waals surface area (Å²) in [7, 11) is 0. The summed E-state index contributed by atoms with van der Waals surface area (Å²) in [5.41, 5.74) is 4.48. The molecule has 0 spiro atoms. The SMILES string of the molecule is C#CCOC(=O)[C@H](C)Nc1cc(C)c(C)cc1C. The van der Waals surface area contributed by atoms with E-state index in [9.17, 15) is 4.79 Å². The number of benzene rings is 1. The number of anilines is 1. The molecule has 0 heterocycles. The lowest BCUT2D eigenvalue weighted by molar-refractivity contribution is -0.142. The van der Waals surface area contributed by atoms with Crippen molar-refractivity contribution >= 4 is 11.7 Å². The molecule has 0 aliphatic heterocycles. The summed E-state index contributed by atoms with van der Waals surface area (Å²) >= 11 is 0. The highest BCUT2D eigenvalue weighted by Gasteiger charge is 2.14. The van der Waals surface area contributed by atoms with E-state index in [2.05, 4.69) is 24.2 Å². The van der Waals surface area contributed by atoms with E-state index >= 15 is 0 Å². The van der Waals surface area contributed by atoms with Gasteiger partial charge in [0.25, 0.3) is 0 Å². The largest absolute Gasteiger partial charge is 0.451 e. The van der Waals surface area contributed by atoms with Crippen LogP contribution < -0.4 is 5.32 Å². The van der Waals surface area contributed by atoms with Crippen LogP contribution in [-0.4, -0.2) is 18.6 Å². The van der Waals surface area contributed by atoms with Crippen LogP contribution in [0.25, 0.3) is 0 Å². The molecule has 0 amide bonds. The molecular formula is C15H19NO2. The van der Waals surface area contributed by atoms with Crippen molar-refractivity contribution in [2.75, 3.05) is 11.9 Å². The highest BCUT2D eigenvalue weighted by molar-refractivity contribution is 5.79. The molecule has 3 nitrogen and oxygen atoms in total. The Morgan fingerprint density at radius 1 is 1.33 bits per heavy atom. The van der Waals surface area contributed by atoms with E-state index in [1.807, 2.05) is 19.9 Å². The Kier molecular flexibility index (Phi) is 4.79. The summed E-state index contributed by atoms with van der Waals surface area (Å²) in [5.74, 6) is 1.93. The second-order valence-electron chi connectivity index (χ2n) is 4.43. The summed E-state index contributed by atoms with van der Waals surface area (Å²) in [6.07, 6.45) is 5.04. The lowest BCUT2D eigenvalue weighted by Crippen LogP contribution is -2.28. The second kappa shape index (κ2) is 6.11. The molecule has 1 rings (SSSR count). The Labute approximate surface area is 109 Å². The maximum atomic E-state index is 11.6. The number of nitrogens with one attached hydrogen (secondary N) is 1. The van der Waals surface area contributed by atoms with E-state index in [0.717, 1.165) is 11.3 Å². The van der Waals surface area contributed by atoms with Crippen molar-refractivity contribution in [2.24, 2.45) is 0 Å². The van der Waals surface area contributed by atoms with Crippen molar-refractivity contribution in [3.63, 3.8) is 0 Å². The Balaban J connectivity index is 2.76. The fraction of sp³-hybridized carbons (Fsp3) is 0.400. The first-order valence-electron chi connectivity index (χ1n) is 5.90. The van der Waals surface area contributed by atoms with Crippen LogP contribution in [0.4, 0.5) is 5.69 Å². The summed E-state index contributed by atoms with van der Waals surface area (Å²) in [4.78, 5) is 11.6. The fourth-order valence-corrected chi connectivity index (χ4v) is 1.65. The van der Waals surface area contributed by atoms with Crippen LogP contribution in [0.15, 0.2) is 12.1 Å². The first-order chi connectivity index (χ1) is 8.45. The average Bonchev–Trinajstić information content (AvgIpc) is 2.32. The number of rotatable bonds is 4. The minimum Gasteiger partial charge on any atom is -0.451 e. The minimum absolute atomic E-state index is 0.0107. The van der Waals surface area contributed by atoms with Crippen molar-refractivity contribution in [3.05, 3.63) is 28.8 Å². The van der Waals surface area contributed by atoms with E-state index in [1.54, 1.807) is 6.92 Å². The molecule has 96 valence electrons. The van der Waals surface area contributed by atoms with Gasteiger partial charge < -0.3 is 10.1 Å². The average molecular weight is 245 g/mol. The molecule has 0 saturated heterocycles. The normalized spacial score (nSPS) is 11.5. The number of terminal acetylenes is 1. The van der Waals surface area contributed by atoms with Gasteiger partial charge in [0, 0.05) is 5.69 Å². The van der Waals surface area contributed by atoms with Gasteiger partial charge in [0.2, 0.25) is 0 Å². The number of hydrogen-bond acceptors (Lipinski definition) is 3. The predicted octanol–water partition coefficient (Wildman–Crippen LogP) is 2.59. The van der Waals surface area contributed by atoms with Crippen LogP contribution in [-0.2, 0) is 9.53 Å². The zero-order valence-electron chi connectivity index (χ0n) is 11.3. The molecule has 1 atom stereocenters. The van der Waals surface area contributed by atoms with Gasteiger partial charge in [0.1, 0.15) is 6.04 Å². The van der Waals surface area contributed by atoms with E-state index in [-0.39, 0.29) is 12.6 Å². The van der Waals surface area contributed by atoms with Gasteiger partial charge in [-0.15, -0.1) is 6.42 Å². The van der Waals surface area contributed by atoms with Gasteiger partial charge in [-0.1, -0.05) is 12.0 Å². The molecule has 0 bridgehead atoms. The zero-order chi connectivity index (χ0) is 13.7. The summed E-state index contributed by atoms with van der Waals surface area (Å²) in [5, 5.41) is 3.14. The standard InChI is InChI=1S/C15H19NO2/c1-6-7-18-15(17)13(5)16-14-9-11(3)10(2)8-12(14)4/h1,8-9,13,16H,7H2,2-5H3/t13-/m0/s1. The molecule has 3 heteroatoms. The molecule has 0 unspecified atom stereocenters. The van der Waals surface area contributed by atoms with Crippen LogP contribution in [0.3, 0.4) is 0 Å². The summed E-state index contributed by atoms with van der Waals surface area (Å²) in [6, 6.07) is 3.71. The Hall–Kier alpha value is -1.95. The van der Waals surface area contributed by atoms with Gasteiger partial charge in [-0.3, -0.25) is 0 Å². The topological polar surface area (TPSA) is 38.3 Å². The van der Waals surface area contributed by atoms with Crippen molar-refractivity contribution < 1.29 is 9.53 Å². The van der Waals surface area contributed by atoms with Crippen LogP contribution in [0, 0.1) is 33.1 Å². The number of carbonyl (C=O) groups is 1. The van der Waals surface area contributed by atoms with Gasteiger partial charge in [0.15, 0.2) is 6.61 Å². The van der Waals surface area contributed by atoms with E-state index < -0.39 is 6.04 Å². The Morgan fingerprint density at radius 3 is 2.56 bits per heavy atom. The maximum absolute atomic E-state index is 11.6. The number of hydrogen-bond donors (Lipinski definition) is 1. The minimum atomic E-state index is -0.417. The zero-order valence-corrected chi connectivity index (χ0v) is 11.3. The van der Waals surface area contributed by atoms with Crippen molar-refractivity contribution in [1.82, 2.24) is 0 Å². The number of ether oxygens (including phenoxy) is 1. The third-order valence-electron chi connectivity index (χ3n) is 2.86. The molecule has 18 heavy (non-hydrogen) atoms. The molecule has 0 saturated carbocycles. The van der Waals surface area contributed by atoms with Crippen molar-refractivity contribution in [2.45, 2.75) is 33.7 Å². The lowest BCUT2D eigenvalue weighted by atomic mass is 10.0. The first kappa shape index (κ1) is 14.1. The number of esters is 1. The molecule has 1 N–H and O–H groups in total. The van der Waals surface area contributed by atoms with E-state index in [0.29, 0.717) is 0 Å². The van der Waals surface area contributed by atoms with Gasteiger partial charge in [-0.25, -0.2) is 4.79 Å². The Morgan fingerprint density at radius 2 is 1.94 bits per heavy atom. The molecule has 0 aliphatic carbocycles. The van der Waals surface area contributed by atoms with Crippen LogP contribution in [0.5, 0.6) is 0 Å². The summed E-state index contributed by atoms with van der Waals surface area (Å²) in [6.45, 7) is 7.89. The van der Waals surface area contributed by atoms with Gasteiger partial charge >= 0.3 is 5.97 Å². The molecule has 0 aromatic heterocycles. The van der Waals surface area contributed by atoms with E-state index in [4.69, 9.17) is 11.2 Å². The predicted molar refractivity (Wildman–Crippen MR) is 73.5 cm³/mol. The monoisotopic (exact) mass is 245 g/mol. The van der Waals surface area contributed by atoms with Crippen molar-refractivity contribution in [3.8, 4) is 12.3 Å². The molecule has 0 radical (unpaired) electrons. The maximum Gasteiger partial charge on any atom is 0.329 e. The van der Waals surface area contributed by atoms with E-state index in [1.165, 1.54) is 11.1 Å². The first-order valence-corrected chi connectivity index (χ1v) is 5.90. The van der Waals surface area contributed by atoms with Crippen LogP contribution >= 0.6 is 0 Å². The highest BCUT2D eigenvalue weighted by Crippen LogP contribution is 2.20. The summed E-state index contributed by atoms with van der Waals surface area (Å²) < 4.78 is 4.88. The number of aryl methyl sites for hydroxylation is 3. The fourth-order valence-electron chi connectivity index (χ4n) is 1.65. The molecule has 1 aromatic carbocycles. The quantitative estimate of drug-likeness (QED) is 0.654. The van der Waals surface area contributed by atoms with Gasteiger partial charge in [-0.2, -0.15) is 0 Å². The second-order valence-corrected chi connectivity index (χ2v) is 4.43. The molecule has 1 aromatic rings. The number of carbonyl (C=O) groups excluding carboxylic acids is 1. The third-order valence-corrected chi connectivity index (χ3v) is 2.86. The van der Waals surface area contributed by atoms with Gasteiger partial charge in [-0.05, 0) is 50.5 Å². The van der Waals surface area contributed by atoms with Crippen molar-refractivity contribution in [1.29, 1.82) is 0 Å². The lowest BCUT2D eigenvalue weighted by Gasteiger charge is -2.17. The van der Waals surface area contributed by atoms with Gasteiger partial charge in [0.05, 0.1) is 0 Å².